The van der Waals surface area contributed by atoms with Crippen LogP contribution in [-0.4, -0.2) is 40.6 Å². The summed E-state index contributed by atoms with van der Waals surface area (Å²) in [6.45, 7) is 0.275. The number of ether oxygens (including phenoxy) is 1. The van der Waals surface area contributed by atoms with E-state index >= 15 is 0 Å². The van der Waals surface area contributed by atoms with E-state index in [0.717, 1.165) is 12.2 Å². The average Bonchev–Trinajstić information content (AvgIpc) is 2.83. The largest absolute Gasteiger partial charge is 0.481 e. The summed E-state index contributed by atoms with van der Waals surface area (Å²) in [5, 5.41) is 20.1. The number of amides is 1. The van der Waals surface area contributed by atoms with Crippen LogP contribution in [0.1, 0.15) is 48.5 Å². The lowest BCUT2D eigenvalue weighted by atomic mass is 10.1. The molecule has 1 atom stereocenters. The Morgan fingerprint density at radius 3 is 2.06 bits per heavy atom. The summed E-state index contributed by atoms with van der Waals surface area (Å²) in [7, 11) is 0. The molecule has 8 nitrogen and oxygen atoms in total. The van der Waals surface area contributed by atoms with Crippen LogP contribution in [0.5, 0.6) is 0 Å². The fraction of sp³-hybridized carbons (Fsp3) is 0.231. The van der Waals surface area contributed by atoms with Crippen molar-refractivity contribution in [3.63, 3.8) is 0 Å². The van der Waals surface area contributed by atoms with E-state index < -0.39 is 35.7 Å². The van der Waals surface area contributed by atoms with Crippen LogP contribution in [0.3, 0.4) is 0 Å². The Labute approximate surface area is 201 Å². The minimum Gasteiger partial charge on any atom is -0.481 e. The van der Waals surface area contributed by atoms with Crippen LogP contribution in [0.2, 0.25) is 0 Å². The zero-order valence-electron chi connectivity index (χ0n) is 18.9. The van der Waals surface area contributed by atoms with Crippen LogP contribution in [0.4, 0.5) is 4.39 Å². The maximum Gasteiger partial charge on any atom is 0.331 e. The van der Waals surface area contributed by atoms with Crippen LogP contribution in [0.15, 0.2) is 60.7 Å². The lowest BCUT2D eigenvalue weighted by Gasteiger charge is -2.17. The first-order valence-electron chi connectivity index (χ1n) is 10.9. The molecule has 0 radical (unpaired) electrons. The van der Waals surface area contributed by atoms with Crippen LogP contribution >= 0.6 is 0 Å². The van der Waals surface area contributed by atoms with E-state index in [0.29, 0.717) is 36.0 Å². The number of unbranched alkanes of at least 4 members (excludes halogenated alkanes) is 2. The van der Waals surface area contributed by atoms with Crippen molar-refractivity contribution in [2.45, 2.75) is 31.8 Å². The molecule has 0 heterocycles. The Morgan fingerprint density at radius 2 is 1.46 bits per heavy atom. The highest BCUT2D eigenvalue weighted by Crippen LogP contribution is 2.20. The van der Waals surface area contributed by atoms with Gasteiger partial charge in [0.1, 0.15) is 5.82 Å². The number of carbonyl (C=O) groups is 4. The quantitative estimate of drug-likeness (QED) is 0.223. The van der Waals surface area contributed by atoms with Gasteiger partial charge in [0.25, 0.3) is 5.91 Å². The fourth-order valence-electron chi connectivity index (χ4n) is 3.00. The molecule has 2 aromatic carbocycles. The number of carbonyl (C=O) groups excluding carboxylic acids is 2. The molecule has 0 aliphatic heterocycles. The highest BCUT2D eigenvalue weighted by molar-refractivity contribution is 5.91. The molecule has 2 rings (SSSR count). The third-order valence-corrected chi connectivity index (χ3v) is 4.78. The molecule has 0 saturated heterocycles. The monoisotopic (exact) mass is 483 g/mol. The predicted octanol–water partition coefficient (Wildman–Crippen LogP) is 3.98. The van der Waals surface area contributed by atoms with Gasteiger partial charge in [0, 0.05) is 30.7 Å². The van der Waals surface area contributed by atoms with Gasteiger partial charge in [0.2, 0.25) is 6.10 Å². The number of rotatable bonds is 13. The maximum atomic E-state index is 13.0. The molecule has 0 aromatic heterocycles. The molecule has 0 aliphatic carbocycles. The first kappa shape index (κ1) is 27.0. The fourth-order valence-corrected chi connectivity index (χ4v) is 3.00. The third-order valence-electron chi connectivity index (χ3n) is 4.78. The molecule has 2 aromatic rings. The van der Waals surface area contributed by atoms with Gasteiger partial charge in [-0.2, -0.15) is 0 Å². The lowest BCUT2D eigenvalue weighted by molar-refractivity contribution is -0.151. The molecular formula is C26H26FNO7. The number of aliphatic carboxylic acids is 2. The molecule has 0 aliphatic rings. The molecule has 0 bridgehead atoms. The number of carboxylic acids is 2. The van der Waals surface area contributed by atoms with E-state index in [1.165, 1.54) is 36.4 Å². The second-order valence-electron chi connectivity index (χ2n) is 7.54. The number of nitrogens with one attached hydrogen (secondary N) is 1. The van der Waals surface area contributed by atoms with Gasteiger partial charge in [-0.1, -0.05) is 42.8 Å². The SMILES string of the molecule is O=C(O)C=Cc1ccc(C(OC(=O)C=Cc2ccc(F)cc2)C(=O)NCCCCCC(=O)O)cc1. The molecule has 3 N–H and O–H groups in total. The van der Waals surface area contributed by atoms with Crippen molar-refractivity contribution >= 4 is 36.0 Å². The molecule has 35 heavy (non-hydrogen) atoms. The smallest absolute Gasteiger partial charge is 0.331 e. The normalized spacial score (nSPS) is 11.9. The minimum absolute atomic E-state index is 0.0528. The summed E-state index contributed by atoms with van der Waals surface area (Å²) < 4.78 is 18.4. The Bertz CT molecular complexity index is 1080. The number of halogens is 1. The topological polar surface area (TPSA) is 130 Å². The Kier molecular flexibility index (Phi) is 10.9. The Morgan fingerprint density at radius 1 is 0.857 bits per heavy atom. The summed E-state index contributed by atoms with van der Waals surface area (Å²) in [5.41, 5.74) is 1.53. The van der Waals surface area contributed by atoms with Crippen molar-refractivity contribution in [2.75, 3.05) is 6.54 Å². The van der Waals surface area contributed by atoms with Gasteiger partial charge >= 0.3 is 17.9 Å². The summed E-state index contributed by atoms with van der Waals surface area (Å²) in [6.07, 6.45) is 5.37. The van der Waals surface area contributed by atoms with E-state index in [1.807, 2.05) is 0 Å². The maximum absolute atomic E-state index is 13.0. The summed E-state index contributed by atoms with van der Waals surface area (Å²) in [6, 6.07) is 11.7. The average molecular weight is 483 g/mol. The molecule has 184 valence electrons. The van der Waals surface area contributed by atoms with Gasteiger partial charge in [-0.25, -0.2) is 14.0 Å². The highest BCUT2D eigenvalue weighted by atomic mass is 19.1. The van der Waals surface area contributed by atoms with Crippen molar-refractivity contribution in [1.82, 2.24) is 5.32 Å². The van der Waals surface area contributed by atoms with Crippen molar-refractivity contribution in [3.8, 4) is 0 Å². The van der Waals surface area contributed by atoms with Crippen molar-refractivity contribution in [2.24, 2.45) is 0 Å². The molecular weight excluding hydrogens is 457 g/mol. The van der Waals surface area contributed by atoms with Gasteiger partial charge in [-0.3, -0.25) is 9.59 Å². The number of esters is 1. The molecule has 1 amide bonds. The second-order valence-corrected chi connectivity index (χ2v) is 7.54. The van der Waals surface area contributed by atoms with Crippen LogP contribution in [0, 0.1) is 5.82 Å². The van der Waals surface area contributed by atoms with E-state index in [2.05, 4.69) is 5.32 Å². The first-order valence-corrected chi connectivity index (χ1v) is 10.9. The lowest BCUT2D eigenvalue weighted by Crippen LogP contribution is -2.32. The van der Waals surface area contributed by atoms with Gasteiger partial charge in [0.15, 0.2) is 0 Å². The molecule has 9 heteroatoms. The molecule has 0 fully saturated rings. The van der Waals surface area contributed by atoms with Crippen molar-refractivity contribution in [1.29, 1.82) is 0 Å². The number of hydrogen-bond acceptors (Lipinski definition) is 5. The molecule has 0 spiro atoms. The van der Waals surface area contributed by atoms with Gasteiger partial charge in [-0.05, 0) is 48.3 Å². The van der Waals surface area contributed by atoms with Gasteiger partial charge in [0.05, 0.1) is 0 Å². The van der Waals surface area contributed by atoms with E-state index in [4.69, 9.17) is 14.9 Å². The van der Waals surface area contributed by atoms with Gasteiger partial charge in [-0.15, -0.1) is 0 Å². The highest BCUT2D eigenvalue weighted by Gasteiger charge is 2.24. The van der Waals surface area contributed by atoms with Crippen molar-refractivity contribution < 1.29 is 38.5 Å². The Hall–Kier alpha value is -4.27. The van der Waals surface area contributed by atoms with Crippen molar-refractivity contribution in [3.05, 3.63) is 83.2 Å². The van der Waals surface area contributed by atoms with Crippen LogP contribution in [0.25, 0.3) is 12.2 Å². The standard InChI is InChI=1S/C26H26FNO7/c27-21-13-7-19(8-14-21)10-16-24(33)35-25(26(34)28-17-3-1-2-4-22(29)30)20-11-5-18(6-12-20)9-15-23(31)32/h5-16,25H,1-4,17H2,(H,28,34)(H,29,30)(H,31,32). The van der Waals surface area contributed by atoms with Crippen LogP contribution in [-0.2, 0) is 23.9 Å². The number of benzene rings is 2. The Balaban J connectivity index is 2.08. The summed E-state index contributed by atoms with van der Waals surface area (Å²) in [4.78, 5) is 46.5. The van der Waals surface area contributed by atoms with E-state index in [1.54, 1.807) is 24.3 Å². The summed E-state index contributed by atoms with van der Waals surface area (Å²) >= 11 is 0. The van der Waals surface area contributed by atoms with E-state index in [9.17, 15) is 23.6 Å². The van der Waals surface area contributed by atoms with E-state index in [-0.39, 0.29) is 13.0 Å². The molecule has 0 saturated carbocycles. The number of hydrogen-bond donors (Lipinski definition) is 3. The third kappa shape index (κ3) is 10.5. The predicted molar refractivity (Wildman–Crippen MR) is 126 cm³/mol. The first-order chi connectivity index (χ1) is 16.7. The second kappa shape index (κ2) is 14.1. The molecule has 1 unspecified atom stereocenters. The van der Waals surface area contributed by atoms with Gasteiger partial charge < -0.3 is 20.3 Å². The minimum atomic E-state index is -1.27. The zero-order valence-corrected chi connectivity index (χ0v) is 18.9. The zero-order chi connectivity index (χ0) is 25.6. The summed E-state index contributed by atoms with van der Waals surface area (Å²) in [5.74, 6) is -3.73. The van der Waals surface area contributed by atoms with Crippen LogP contribution < -0.4 is 5.32 Å². The number of carboxylic acid groups (broad SMARTS) is 2.